The van der Waals surface area contributed by atoms with Gasteiger partial charge in [-0.25, -0.2) is 0 Å². The number of carboxylic acids is 1. The molecule has 0 rings (SSSR count). The molecule has 0 heterocycles. The van der Waals surface area contributed by atoms with Gasteiger partial charge in [0.15, 0.2) is 0 Å². The summed E-state index contributed by atoms with van der Waals surface area (Å²) < 4.78 is 0.823. The molecule has 0 fully saturated rings. The topological polar surface area (TPSA) is 37.3 Å². The zero-order valence-corrected chi connectivity index (χ0v) is 12.2. The normalized spacial score (nSPS) is 10.4. The molecule has 0 amide bonds. The van der Waals surface area contributed by atoms with Gasteiger partial charge in [-0.3, -0.25) is 4.79 Å². The van der Waals surface area contributed by atoms with Crippen molar-refractivity contribution in [2.24, 2.45) is 0 Å². The minimum atomic E-state index is -0.674. The summed E-state index contributed by atoms with van der Waals surface area (Å²) in [6.45, 7) is 0. The number of aliphatic carboxylic acids is 1. The van der Waals surface area contributed by atoms with Gasteiger partial charge in [-0.05, 0) is 19.3 Å². The minimum Gasteiger partial charge on any atom is -0.481 e. The van der Waals surface area contributed by atoms with Crippen LogP contribution < -0.4 is 0 Å². The molecule has 0 radical (unpaired) electrons. The molecule has 0 aromatic carbocycles. The number of rotatable bonds is 12. The summed E-state index contributed by atoms with van der Waals surface area (Å²) in [5.41, 5.74) is 0. The number of thiol groups is 1. The first kappa shape index (κ1) is 16.9. The molecule has 0 saturated carbocycles. The Balaban J connectivity index is 2.98. The van der Waals surface area contributed by atoms with Crippen LogP contribution in [0.15, 0.2) is 0 Å². The van der Waals surface area contributed by atoms with Crippen LogP contribution in [0, 0.1) is 0 Å². The van der Waals surface area contributed by atoms with Crippen molar-refractivity contribution in [3.63, 3.8) is 0 Å². The van der Waals surface area contributed by atoms with Crippen molar-refractivity contribution in [2.45, 2.75) is 70.6 Å². The Hall–Kier alpha value is -0.0900. The van der Waals surface area contributed by atoms with Gasteiger partial charge in [0.2, 0.25) is 0 Å². The van der Waals surface area contributed by atoms with Gasteiger partial charge in [0.05, 0.1) is 0 Å². The Labute approximate surface area is 116 Å². The van der Waals surface area contributed by atoms with E-state index >= 15 is 0 Å². The Morgan fingerprint density at radius 1 is 0.824 bits per heavy atom. The zero-order valence-electron chi connectivity index (χ0n) is 10.5. The first-order valence-corrected chi connectivity index (χ1v) is 7.42. The molecule has 0 aromatic rings. The highest BCUT2D eigenvalue weighted by atomic mass is 32.1. The van der Waals surface area contributed by atoms with E-state index in [2.05, 4.69) is 12.6 Å². The molecular formula is C13H24O2S2. The molecule has 0 aliphatic rings. The van der Waals surface area contributed by atoms with E-state index in [0.29, 0.717) is 6.42 Å². The summed E-state index contributed by atoms with van der Waals surface area (Å²) >= 11 is 8.99. The number of carboxylic acid groups (broad SMARTS) is 1. The van der Waals surface area contributed by atoms with Crippen LogP contribution in [0.4, 0.5) is 0 Å². The molecular weight excluding hydrogens is 252 g/mol. The lowest BCUT2D eigenvalue weighted by Gasteiger charge is -2.01. The fraction of sp³-hybridized carbons (Fsp3) is 0.846. The predicted molar refractivity (Wildman–Crippen MR) is 80.0 cm³/mol. The van der Waals surface area contributed by atoms with E-state index in [1.165, 1.54) is 44.9 Å². The fourth-order valence-corrected chi connectivity index (χ4v) is 2.09. The van der Waals surface area contributed by atoms with E-state index in [-0.39, 0.29) is 0 Å². The molecule has 4 heteroatoms. The number of thiocarbonyl (C=S) groups is 1. The highest BCUT2D eigenvalue weighted by Crippen LogP contribution is 2.11. The largest absolute Gasteiger partial charge is 0.481 e. The summed E-state index contributed by atoms with van der Waals surface area (Å²) in [6.07, 6.45) is 11.9. The van der Waals surface area contributed by atoms with Crippen LogP contribution >= 0.6 is 24.8 Å². The van der Waals surface area contributed by atoms with Crippen LogP contribution in [0.3, 0.4) is 0 Å². The highest BCUT2D eigenvalue weighted by Gasteiger charge is 1.97. The minimum absolute atomic E-state index is 0.323. The highest BCUT2D eigenvalue weighted by molar-refractivity contribution is 8.11. The van der Waals surface area contributed by atoms with Gasteiger partial charge in [-0.2, -0.15) is 0 Å². The van der Waals surface area contributed by atoms with Crippen LogP contribution in [0.5, 0.6) is 0 Å². The third-order valence-corrected chi connectivity index (χ3v) is 3.21. The van der Waals surface area contributed by atoms with Crippen LogP contribution in [-0.4, -0.2) is 15.3 Å². The maximum Gasteiger partial charge on any atom is 0.303 e. The maximum atomic E-state index is 10.3. The second kappa shape index (κ2) is 12.4. The van der Waals surface area contributed by atoms with E-state index in [0.717, 1.165) is 23.5 Å². The van der Waals surface area contributed by atoms with Gasteiger partial charge in [0, 0.05) is 10.6 Å². The van der Waals surface area contributed by atoms with Crippen molar-refractivity contribution in [3.05, 3.63) is 0 Å². The molecule has 0 bridgehead atoms. The SMILES string of the molecule is O=C(O)CCCCCCCCCCCC(=S)S. The van der Waals surface area contributed by atoms with Crippen LogP contribution in [0.1, 0.15) is 70.6 Å². The van der Waals surface area contributed by atoms with E-state index in [4.69, 9.17) is 17.3 Å². The molecule has 0 aliphatic carbocycles. The zero-order chi connectivity index (χ0) is 12.9. The average molecular weight is 276 g/mol. The summed E-state index contributed by atoms with van der Waals surface area (Å²) in [7, 11) is 0. The first-order valence-electron chi connectivity index (χ1n) is 6.56. The molecule has 0 unspecified atom stereocenters. The molecule has 0 spiro atoms. The van der Waals surface area contributed by atoms with Crippen molar-refractivity contribution < 1.29 is 9.90 Å². The summed E-state index contributed by atoms with van der Waals surface area (Å²) in [4.78, 5) is 10.3. The molecule has 0 aromatic heterocycles. The number of hydrogen-bond acceptors (Lipinski definition) is 2. The monoisotopic (exact) mass is 276 g/mol. The second-order valence-corrected chi connectivity index (χ2v) is 5.80. The number of hydrogen-bond donors (Lipinski definition) is 2. The van der Waals surface area contributed by atoms with Crippen LogP contribution in [0.25, 0.3) is 0 Å². The molecule has 1 N–H and O–H groups in total. The van der Waals surface area contributed by atoms with Crippen molar-refractivity contribution in [1.82, 2.24) is 0 Å². The van der Waals surface area contributed by atoms with Crippen LogP contribution in [-0.2, 0) is 4.79 Å². The van der Waals surface area contributed by atoms with E-state index < -0.39 is 5.97 Å². The Morgan fingerprint density at radius 2 is 1.18 bits per heavy atom. The maximum absolute atomic E-state index is 10.3. The smallest absolute Gasteiger partial charge is 0.303 e. The standard InChI is InChI=1S/C13H24O2S2/c14-12(15)10-8-6-4-2-1-3-5-7-9-11-13(16)17/h1-11H2,(H,14,15)(H,16,17). The molecule has 100 valence electrons. The second-order valence-electron chi connectivity index (χ2n) is 4.47. The Bertz CT molecular complexity index is 195. The third-order valence-electron chi connectivity index (χ3n) is 2.78. The Kier molecular flexibility index (Phi) is 12.3. The van der Waals surface area contributed by atoms with Crippen molar-refractivity contribution in [1.29, 1.82) is 0 Å². The number of carbonyl (C=O) groups is 1. The van der Waals surface area contributed by atoms with Gasteiger partial charge in [-0.1, -0.05) is 57.2 Å². The molecule has 0 saturated heterocycles. The van der Waals surface area contributed by atoms with Crippen molar-refractivity contribution in [2.75, 3.05) is 0 Å². The van der Waals surface area contributed by atoms with Gasteiger partial charge >= 0.3 is 5.97 Å². The van der Waals surface area contributed by atoms with Crippen molar-refractivity contribution >= 4 is 35.0 Å². The molecule has 0 aliphatic heterocycles. The number of unbranched alkanes of at least 4 members (excludes halogenated alkanes) is 8. The van der Waals surface area contributed by atoms with Crippen molar-refractivity contribution in [3.8, 4) is 0 Å². The molecule has 0 atom stereocenters. The van der Waals surface area contributed by atoms with Gasteiger partial charge in [-0.15, -0.1) is 12.6 Å². The third kappa shape index (κ3) is 15.9. The molecule has 2 nitrogen and oxygen atoms in total. The van der Waals surface area contributed by atoms with Gasteiger partial charge in [0.1, 0.15) is 0 Å². The lowest BCUT2D eigenvalue weighted by molar-refractivity contribution is -0.137. The van der Waals surface area contributed by atoms with Gasteiger partial charge < -0.3 is 5.11 Å². The van der Waals surface area contributed by atoms with E-state index in [9.17, 15) is 4.79 Å². The average Bonchev–Trinajstić information content (AvgIpc) is 2.25. The summed E-state index contributed by atoms with van der Waals surface area (Å²) in [5, 5.41) is 8.46. The lowest BCUT2D eigenvalue weighted by Crippen LogP contribution is -1.93. The Morgan fingerprint density at radius 3 is 1.53 bits per heavy atom. The predicted octanol–water partition coefficient (Wildman–Crippen LogP) is 4.62. The lowest BCUT2D eigenvalue weighted by atomic mass is 10.1. The molecule has 17 heavy (non-hydrogen) atoms. The van der Waals surface area contributed by atoms with Crippen LogP contribution in [0.2, 0.25) is 0 Å². The van der Waals surface area contributed by atoms with Gasteiger partial charge in [0.25, 0.3) is 0 Å². The first-order chi connectivity index (χ1) is 8.13. The quantitative estimate of drug-likeness (QED) is 0.310. The summed E-state index contributed by atoms with van der Waals surface area (Å²) in [5.74, 6) is -0.674. The van der Waals surface area contributed by atoms with E-state index in [1.807, 2.05) is 0 Å². The fourth-order valence-electron chi connectivity index (χ4n) is 1.79. The summed E-state index contributed by atoms with van der Waals surface area (Å²) in [6, 6.07) is 0. The van der Waals surface area contributed by atoms with E-state index in [1.54, 1.807) is 0 Å².